The molecule has 0 radical (unpaired) electrons. The Balaban J connectivity index is 2.30. The van der Waals surface area contributed by atoms with E-state index in [-0.39, 0.29) is 5.69 Å². The third-order valence-electron chi connectivity index (χ3n) is 3.57. The molecule has 5 heteroatoms. The normalized spacial score (nSPS) is 19.5. The van der Waals surface area contributed by atoms with Crippen LogP contribution in [0.25, 0.3) is 0 Å². The van der Waals surface area contributed by atoms with Gasteiger partial charge in [0, 0.05) is 18.3 Å². The lowest BCUT2D eigenvalue weighted by Crippen LogP contribution is -2.40. The number of anilines is 1. The van der Waals surface area contributed by atoms with Crippen LogP contribution in [0.5, 0.6) is 0 Å². The summed E-state index contributed by atoms with van der Waals surface area (Å²) in [5.41, 5.74) is 0.798. The molecular formula is C14H21N3O2. The average Bonchev–Trinajstić information content (AvgIpc) is 2.39. The van der Waals surface area contributed by atoms with Crippen molar-refractivity contribution < 1.29 is 9.90 Å². The van der Waals surface area contributed by atoms with Crippen LogP contribution in [0, 0.1) is 6.92 Å². The summed E-state index contributed by atoms with van der Waals surface area (Å²) >= 11 is 0. The first-order valence-corrected chi connectivity index (χ1v) is 6.97. The van der Waals surface area contributed by atoms with Crippen molar-refractivity contribution in [2.45, 2.75) is 52.0 Å². The zero-order valence-electron chi connectivity index (χ0n) is 11.6. The summed E-state index contributed by atoms with van der Waals surface area (Å²) < 4.78 is 0. The van der Waals surface area contributed by atoms with Crippen molar-refractivity contribution in [3.63, 3.8) is 0 Å². The summed E-state index contributed by atoms with van der Waals surface area (Å²) in [6, 6.07) is 1.96. The van der Waals surface area contributed by atoms with E-state index in [1.807, 2.05) is 6.92 Å². The van der Waals surface area contributed by atoms with Crippen molar-refractivity contribution in [3.05, 3.63) is 17.5 Å². The van der Waals surface area contributed by atoms with E-state index >= 15 is 0 Å². The summed E-state index contributed by atoms with van der Waals surface area (Å²) in [7, 11) is 0. The molecule has 0 saturated carbocycles. The van der Waals surface area contributed by atoms with Crippen LogP contribution in [0.4, 0.5) is 5.95 Å². The molecule has 0 aliphatic carbocycles. The molecule has 1 aromatic heterocycles. The van der Waals surface area contributed by atoms with Gasteiger partial charge in [0.15, 0.2) is 5.69 Å². The minimum absolute atomic E-state index is 0.0864. The van der Waals surface area contributed by atoms with E-state index in [2.05, 4.69) is 21.8 Å². The van der Waals surface area contributed by atoms with Crippen molar-refractivity contribution in [2.24, 2.45) is 0 Å². The number of carboxylic acids is 1. The highest BCUT2D eigenvalue weighted by molar-refractivity contribution is 5.85. The highest BCUT2D eigenvalue weighted by atomic mass is 16.4. The minimum Gasteiger partial charge on any atom is -0.477 e. The lowest BCUT2D eigenvalue weighted by molar-refractivity contribution is 0.0690. The molecule has 1 fully saturated rings. The maximum atomic E-state index is 11.1. The lowest BCUT2D eigenvalue weighted by atomic mass is 9.99. The zero-order chi connectivity index (χ0) is 13.8. The highest BCUT2D eigenvalue weighted by Crippen LogP contribution is 2.25. The van der Waals surface area contributed by atoms with Gasteiger partial charge >= 0.3 is 5.97 Å². The second-order valence-corrected chi connectivity index (χ2v) is 5.13. The maximum Gasteiger partial charge on any atom is 0.354 e. The number of aromatic nitrogens is 2. The Morgan fingerprint density at radius 1 is 1.47 bits per heavy atom. The third kappa shape index (κ3) is 3.22. The fourth-order valence-corrected chi connectivity index (χ4v) is 2.69. The van der Waals surface area contributed by atoms with Crippen LogP contribution in [0.1, 0.15) is 55.2 Å². The minimum atomic E-state index is -0.990. The van der Waals surface area contributed by atoms with Crippen LogP contribution in [0.2, 0.25) is 0 Å². The number of piperidine rings is 1. The van der Waals surface area contributed by atoms with E-state index in [0.717, 1.165) is 32.2 Å². The van der Waals surface area contributed by atoms with Gasteiger partial charge in [-0.05, 0) is 38.7 Å². The highest BCUT2D eigenvalue weighted by Gasteiger charge is 2.24. The van der Waals surface area contributed by atoms with Crippen LogP contribution in [-0.2, 0) is 0 Å². The van der Waals surface area contributed by atoms with Gasteiger partial charge in [-0.3, -0.25) is 0 Å². The van der Waals surface area contributed by atoms with Crippen LogP contribution >= 0.6 is 0 Å². The first kappa shape index (κ1) is 13.8. The van der Waals surface area contributed by atoms with Gasteiger partial charge < -0.3 is 10.0 Å². The van der Waals surface area contributed by atoms with Crippen molar-refractivity contribution in [1.82, 2.24) is 9.97 Å². The number of hydrogen-bond acceptors (Lipinski definition) is 4. The van der Waals surface area contributed by atoms with Crippen molar-refractivity contribution in [1.29, 1.82) is 0 Å². The Morgan fingerprint density at radius 2 is 2.26 bits per heavy atom. The van der Waals surface area contributed by atoms with E-state index in [0.29, 0.717) is 17.7 Å². The van der Waals surface area contributed by atoms with Gasteiger partial charge in [-0.2, -0.15) is 0 Å². The SMILES string of the molecule is CCCC1CCCCN1c1nc(C)cc(C(=O)O)n1. The summed E-state index contributed by atoms with van der Waals surface area (Å²) in [5, 5.41) is 9.09. The van der Waals surface area contributed by atoms with Gasteiger partial charge in [0.25, 0.3) is 0 Å². The molecule has 0 bridgehead atoms. The smallest absolute Gasteiger partial charge is 0.354 e. The third-order valence-corrected chi connectivity index (χ3v) is 3.57. The Bertz CT molecular complexity index is 460. The van der Waals surface area contributed by atoms with Gasteiger partial charge in [0.2, 0.25) is 5.95 Å². The maximum absolute atomic E-state index is 11.1. The number of aromatic carboxylic acids is 1. The summed E-state index contributed by atoms with van der Waals surface area (Å²) in [4.78, 5) is 21.9. The Labute approximate surface area is 113 Å². The number of hydrogen-bond donors (Lipinski definition) is 1. The molecule has 2 rings (SSSR count). The lowest BCUT2D eigenvalue weighted by Gasteiger charge is -2.36. The molecule has 0 amide bonds. The quantitative estimate of drug-likeness (QED) is 0.904. The number of carboxylic acid groups (broad SMARTS) is 1. The van der Waals surface area contributed by atoms with Crippen LogP contribution in [0.15, 0.2) is 6.07 Å². The molecule has 1 aromatic rings. The van der Waals surface area contributed by atoms with Crippen LogP contribution in [-0.4, -0.2) is 33.6 Å². The molecule has 0 spiro atoms. The Kier molecular flexibility index (Phi) is 4.35. The fourth-order valence-electron chi connectivity index (χ4n) is 2.69. The predicted molar refractivity (Wildman–Crippen MR) is 73.6 cm³/mol. The van der Waals surface area contributed by atoms with E-state index in [4.69, 9.17) is 5.11 Å². The molecular weight excluding hydrogens is 242 g/mol. The molecule has 104 valence electrons. The van der Waals surface area contributed by atoms with E-state index < -0.39 is 5.97 Å². The largest absolute Gasteiger partial charge is 0.477 e. The van der Waals surface area contributed by atoms with Gasteiger partial charge in [-0.1, -0.05) is 13.3 Å². The molecule has 1 aliphatic rings. The Morgan fingerprint density at radius 3 is 2.95 bits per heavy atom. The molecule has 2 heterocycles. The summed E-state index contributed by atoms with van der Waals surface area (Å²) in [6.07, 6.45) is 5.74. The standard InChI is InChI=1S/C14H21N3O2/c1-3-6-11-7-4-5-8-17(11)14-15-10(2)9-12(16-14)13(18)19/h9,11H,3-8H2,1-2H3,(H,18,19). The van der Waals surface area contributed by atoms with Gasteiger partial charge in [-0.25, -0.2) is 14.8 Å². The average molecular weight is 263 g/mol. The molecule has 1 N–H and O–H groups in total. The molecule has 0 aromatic carbocycles. The van der Waals surface area contributed by atoms with Crippen LogP contribution < -0.4 is 4.90 Å². The second kappa shape index (κ2) is 5.99. The molecule has 1 unspecified atom stereocenters. The summed E-state index contributed by atoms with van der Waals surface area (Å²) in [6.45, 7) is 4.91. The monoisotopic (exact) mass is 263 g/mol. The van der Waals surface area contributed by atoms with Gasteiger partial charge in [-0.15, -0.1) is 0 Å². The second-order valence-electron chi connectivity index (χ2n) is 5.13. The Hall–Kier alpha value is -1.65. The number of aryl methyl sites for hydroxylation is 1. The predicted octanol–water partition coefficient (Wildman–Crippen LogP) is 2.64. The molecule has 19 heavy (non-hydrogen) atoms. The van der Waals surface area contributed by atoms with Crippen molar-refractivity contribution >= 4 is 11.9 Å². The first-order chi connectivity index (χ1) is 9.11. The van der Waals surface area contributed by atoms with Gasteiger partial charge in [0.1, 0.15) is 0 Å². The topological polar surface area (TPSA) is 66.3 Å². The fraction of sp³-hybridized carbons (Fsp3) is 0.643. The first-order valence-electron chi connectivity index (χ1n) is 6.97. The van der Waals surface area contributed by atoms with Gasteiger partial charge in [0.05, 0.1) is 0 Å². The van der Waals surface area contributed by atoms with E-state index in [1.165, 1.54) is 12.5 Å². The summed E-state index contributed by atoms with van der Waals surface area (Å²) in [5.74, 6) is -0.411. The molecule has 1 saturated heterocycles. The van der Waals surface area contributed by atoms with Crippen molar-refractivity contribution in [3.8, 4) is 0 Å². The molecule has 5 nitrogen and oxygen atoms in total. The number of rotatable bonds is 4. The number of nitrogens with zero attached hydrogens (tertiary/aromatic N) is 3. The molecule has 1 atom stereocenters. The zero-order valence-corrected chi connectivity index (χ0v) is 11.6. The van der Waals surface area contributed by atoms with Crippen molar-refractivity contribution in [2.75, 3.05) is 11.4 Å². The number of carbonyl (C=O) groups is 1. The molecule has 1 aliphatic heterocycles. The van der Waals surface area contributed by atoms with Crippen LogP contribution in [0.3, 0.4) is 0 Å². The van der Waals surface area contributed by atoms with E-state index in [1.54, 1.807) is 0 Å². The van der Waals surface area contributed by atoms with E-state index in [9.17, 15) is 4.79 Å².